The van der Waals surface area contributed by atoms with Crippen molar-refractivity contribution in [2.45, 2.75) is 39.7 Å². The molecular weight excluding hydrogens is 232 g/mol. The van der Waals surface area contributed by atoms with Crippen LogP contribution in [0, 0.1) is 12.8 Å². The van der Waals surface area contributed by atoms with Gasteiger partial charge in [-0.25, -0.2) is 4.98 Å². The smallest absolute Gasteiger partial charge is 0.291 e. The van der Waals surface area contributed by atoms with Crippen LogP contribution in [-0.2, 0) is 6.42 Å². The molecule has 1 saturated heterocycles. The number of carbonyl (C=O) groups excluding carboxylic acids is 1. The van der Waals surface area contributed by atoms with E-state index < -0.39 is 5.60 Å². The first-order valence-corrected chi connectivity index (χ1v) is 6.33. The molecule has 1 fully saturated rings. The van der Waals surface area contributed by atoms with Crippen LogP contribution in [0.2, 0.25) is 0 Å². The van der Waals surface area contributed by atoms with E-state index in [4.69, 9.17) is 4.42 Å². The van der Waals surface area contributed by atoms with E-state index in [1.807, 2.05) is 13.8 Å². The van der Waals surface area contributed by atoms with Gasteiger partial charge in [0.1, 0.15) is 0 Å². The molecule has 0 aromatic carbocycles. The number of oxazole rings is 1. The van der Waals surface area contributed by atoms with Crippen LogP contribution >= 0.6 is 0 Å². The Labute approximate surface area is 107 Å². The minimum atomic E-state index is -0.822. The topological polar surface area (TPSA) is 66.6 Å². The zero-order chi connectivity index (χ0) is 13.5. The van der Waals surface area contributed by atoms with Crippen LogP contribution < -0.4 is 0 Å². The molecule has 1 aromatic rings. The van der Waals surface area contributed by atoms with Crippen molar-refractivity contribution in [3.05, 3.63) is 17.3 Å². The maximum absolute atomic E-state index is 12.3. The largest absolute Gasteiger partial charge is 0.435 e. The molecule has 1 aliphatic rings. The lowest BCUT2D eigenvalue weighted by Gasteiger charge is -2.20. The van der Waals surface area contributed by atoms with Gasteiger partial charge in [0.05, 0.1) is 11.3 Å². The van der Waals surface area contributed by atoms with E-state index in [0.717, 1.165) is 0 Å². The molecule has 2 heterocycles. The van der Waals surface area contributed by atoms with Gasteiger partial charge in [0, 0.05) is 25.4 Å². The number of aromatic nitrogens is 1. The number of hydrogen-bond acceptors (Lipinski definition) is 4. The fourth-order valence-corrected chi connectivity index (χ4v) is 2.23. The standard InChI is InChI=1S/C13H20N2O3/c1-5-10-14-9(3)11(18-10)12(16)15-6-8(2)13(4,17)7-15/h8,17H,5-7H2,1-4H3/t8-,13+/m1/s1. The van der Waals surface area contributed by atoms with Gasteiger partial charge in [-0.15, -0.1) is 0 Å². The van der Waals surface area contributed by atoms with Gasteiger partial charge in [-0.05, 0) is 13.8 Å². The number of nitrogens with zero attached hydrogens (tertiary/aromatic N) is 2. The molecule has 1 amide bonds. The molecule has 1 aliphatic heterocycles. The van der Waals surface area contributed by atoms with Crippen molar-refractivity contribution in [3.63, 3.8) is 0 Å². The van der Waals surface area contributed by atoms with Crippen molar-refractivity contribution < 1.29 is 14.3 Å². The number of aryl methyl sites for hydroxylation is 2. The van der Waals surface area contributed by atoms with Gasteiger partial charge < -0.3 is 14.4 Å². The minimum Gasteiger partial charge on any atom is -0.435 e. The zero-order valence-corrected chi connectivity index (χ0v) is 11.4. The van der Waals surface area contributed by atoms with Crippen LogP contribution in [0.25, 0.3) is 0 Å². The molecule has 0 unspecified atom stereocenters. The normalized spacial score (nSPS) is 27.8. The van der Waals surface area contributed by atoms with Gasteiger partial charge >= 0.3 is 0 Å². The molecule has 100 valence electrons. The van der Waals surface area contributed by atoms with Crippen LogP contribution in [0.4, 0.5) is 0 Å². The lowest BCUT2D eigenvalue weighted by molar-refractivity contribution is 0.0346. The Hall–Kier alpha value is -1.36. The average Bonchev–Trinajstić information content (AvgIpc) is 2.79. The zero-order valence-electron chi connectivity index (χ0n) is 11.4. The molecular formula is C13H20N2O3. The summed E-state index contributed by atoms with van der Waals surface area (Å²) in [5.74, 6) is 0.770. The summed E-state index contributed by atoms with van der Waals surface area (Å²) in [6.45, 7) is 8.30. The summed E-state index contributed by atoms with van der Waals surface area (Å²) < 4.78 is 5.46. The van der Waals surface area contributed by atoms with Gasteiger partial charge in [-0.1, -0.05) is 13.8 Å². The second-order valence-corrected chi connectivity index (χ2v) is 5.32. The fraction of sp³-hybridized carbons (Fsp3) is 0.692. The Bertz CT molecular complexity index is 465. The van der Waals surface area contributed by atoms with Crippen LogP contribution in [0.1, 0.15) is 42.9 Å². The van der Waals surface area contributed by atoms with Crippen molar-refractivity contribution in [2.75, 3.05) is 13.1 Å². The third-order valence-corrected chi connectivity index (χ3v) is 3.69. The Morgan fingerprint density at radius 1 is 1.67 bits per heavy atom. The lowest BCUT2D eigenvalue weighted by atomic mass is 9.95. The van der Waals surface area contributed by atoms with E-state index in [1.165, 1.54) is 0 Å². The van der Waals surface area contributed by atoms with Crippen LogP contribution in [-0.4, -0.2) is 39.6 Å². The van der Waals surface area contributed by atoms with E-state index in [9.17, 15) is 9.90 Å². The second kappa shape index (κ2) is 4.39. The molecule has 1 aromatic heterocycles. The number of carbonyl (C=O) groups is 1. The SMILES string of the molecule is CCc1nc(C)c(C(=O)N2C[C@@H](C)[C@@](C)(O)C2)o1. The summed E-state index contributed by atoms with van der Waals surface area (Å²) in [4.78, 5) is 18.1. The summed E-state index contributed by atoms with van der Waals surface area (Å²) >= 11 is 0. The molecule has 0 aliphatic carbocycles. The van der Waals surface area contributed by atoms with Gasteiger partial charge in [-0.3, -0.25) is 4.79 Å². The monoisotopic (exact) mass is 252 g/mol. The van der Waals surface area contributed by atoms with Crippen LogP contribution in [0.15, 0.2) is 4.42 Å². The molecule has 2 rings (SSSR count). The van der Waals surface area contributed by atoms with E-state index >= 15 is 0 Å². The van der Waals surface area contributed by atoms with Crippen LogP contribution in [0.3, 0.4) is 0 Å². The van der Waals surface area contributed by atoms with Gasteiger partial charge in [0.25, 0.3) is 5.91 Å². The highest BCUT2D eigenvalue weighted by molar-refractivity contribution is 5.92. The first-order valence-electron chi connectivity index (χ1n) is 6.33. The summed E-state index contributed by atoms with van der Waals surface area (Å²) in [7, 11) is 0. The number of aliphatic hydroxyl groups is 1. The highest BCUT2D eigenvalue weighted by atomic mass is 16.4. The maximum Gasteiger partial charge on any atom is 0.291 e. The summed E-state index contributed by atoms with van der Waals surface area (Å²) in [6.07, 6.45) is 0.669. The molecule has 2 atom stereocenters. The molecule has 5 heteroatoms. The van der Waals surface area contributed by atoms with Gasteiger partial charge in [0.15, 0.2) is 5.89 Å². The fourth-order valence-electron chi connectivity index (χ4n) is 2.23. The molecule has 0 spiro atoms. The lowest BCUT2D eigenvalue weighted by Crippen LogP contribution is -2.35. The quantitative estimate of drug-likeness (QED) is 0.863. The minimum absolute atomic E-state index is 0.0651. The summed E-state index contributed by atoms with van der Waals surface area (Å²) in [6, 6.07) is 0. The Balaban J connectivity index is 2.20. The number of β-amino-alcohol motifs (C(OH)–C–C–N with tert-alkyl or cyclic N) is 1. The van der Waals surface area contributed by atoms with E-state index in [2.05, 4.69) is 4.98 Å². The highest BCUT2D eigenvalue weighted by Crippen LogP contribution is 2.28. The third kappa shape index (κ3) is 2.14. The third-order valence-electron chi connectivity index (χ3n) is 3.69. The van der Waals surface area contributed by atoms with Crippen LogP contribution in [0.5, 0.6) is 0 Å². The first kappa shape index (κ1) is 13.1. The first-order chi connectivity index (χ1) is 8.35. The van der Waals surface area contributed by atoms with Crippen molar-refractivity contribution in [2.24, 2.45) is 5.92 Å². The Morgan fingerprint density at radius 2 is 2.33 bits per heavy atom. The number of hydrogen-bond donors (Lipinski definition) is 1. The molecule has 18 heavy (non-hydrogen) atoms. The number of likely N-dealkylation sites (tertiary alicyclic amines) is 1. The van der Waals surface area contributed by atoms with E-state index in [1.54, 1.807) is 18.7 Å². The molecule has 0 bridgehead atoms. The van der Waals surface area contributed by atoms with Gasteiger partial charge in [0.2, 0.25) is 5.76 Å². The number of amides is 1. The number of rotatable bonds is 2. The van der Waals surface area contributed by atoms with Crippen molar-refractivity contribution in [3.8, 4) is 0 Å². The highest BCUT2D eigenvalue weighted by Gasteiger charge is 2.41. The predicted octanol–water partition coefficient (Wildman–Crippen LogP) is 1.39. The Kier molecular flexibility index (Phi) is 3.19. The summed E-state index contributed by atoms with van der Waals surface area (Å²) in [5, 5.41) is 10.1. The molecule has 5 nitrogen and oxygen atoms in total. The second-order valence-electron chi connectivity index (χ2n) is 5.32. The van der Waals surface area contributed by atoms with Crippen molar-refractivity contribution in [1.29, 1.82) is 0 Å². The molecule has 1 N–H and O–H groups in total. The van der Waals surface area contributed by atoms with Gasteiger partial charge in [-0.2, -0.15) is 0 Å². The molecule has 0 saturated carbocycles. The van der Waals surface area contributed by atoms with Crippen molar-refractivity contribution >= 4 is 5.91 Å². The maximum atomic E-state index is 12.3. The summed E-state index contributed by atoms with van der Waals surface area (Å²) in [5.41, 5.74) is -0.201. The van der Waals surface area contributed by atoms with E-state index in [0.29, 0.717) is 36.9 Å². The predicted molar refractivity (Wildman–Crippen MR) is 66.3 cm³/mol. The molecule has 0 radical (unpaired) electrons. The van der Waals surface area contributed by atoms with Crippen molar-refractivity contribution in [1.82, 2.24) is 9.88 Å². The average molecular weight is 252 g/mol. The van der Waals surface area contributed by atoms with E-state index in [-0.39, 0.29) is 11.8 Å². The Morgan fingerprint density at radius 3 is 2.78 bits per heavy atom.